The fourth-order valence-electron chi connectivity index (χ4n) is 2.69. The highest BCUT2D eigenvalue weighted by molar-refractivity contribution is 9.10. The van der Waals surface area contributed by atoms with E-state index in [1.807, 2.05) is 30.3 Å². The monoisotopic (exact) mass is 402 g/mol. The summed E-state index contributed by atoms with van der Waals surface area (Å²) in [5.41, 5.74) is 7.40. The molecule has 1 aliphatic carbocycles. The molecule has 1 amide bonds. The van der Waals surface area contributed by atoms with Crippen molar-refractivity contribution in [2.75, 3.05) is 12.3 Å². The minimum absolute atomic E-state index is 0.0386. The van der Waals surface area contributed by atoms with Gasteiger partial charge in [0.25, 0.3) is 5.91 Å². The van der Waals surface area contributed by atoms with Crippen molar-refractivity contribution in [1.29, 1.82) is 0 Å². The van der Waals surface area contributed by atoms with Gasteiger partial charge >= 0.3 is 5.97 Å². The van der Waals surface area contributed by atoms with E-state index < -0.39 is 5.97 Å². The maximum Gasteiger partial charge on any atom is 0.340 e. The number of benzene rings is 2. The van der Waals surface area contributed by atoms with Crippen LogP contribution < -0.4 is 11.1 Å². The molecule has 1 atom stereocenters. The number of esters is 1. The minimum Gasteiger partial charge on any atom is -0.452 e. The quantitative estimate of drug-likeness (QED) is 0.572. The molecule has 0 heterocycles. The summed E-state index contributed by atoms with van der Waals surface area (Å²) in [7, 11) is 0. The highest BCUT2D eigenvalue weighted by Crippen LogP contribution is 2.40. The van der Waals surface area contributed by atoms with Crippen LogP contribution in [0, 0.1) is 5.92 Å². The van der Waals surface area contributed by atoms with Crippen LogP contribution in [0.3, 0.4) is 0 Å². The maximum atomic E-state index is 12.2. The molecule has 0 saturated heterocycles. The van der Waals surface area contributed by atoms with Crippen LogP contribution in [0.15, 0.2) is 53.0 Å². The Labute approximate surface area is 154 Å². The standard InChI is InChI=1S/C19H19BrN2O3/c20-14-8-9-16(21)15(10-14)19(24)25-11-17(23)22-18(13-6-7-13)12-4-2-1-3-5-12/h1-5,8-10,13,18H,6-7,11,21H2,(H,22,23). The number of rotatable bonds is 6. The minimum atomic E-state index is -0.614. The number of nitrogen functional groups attached to an aromatic ring is 1. The van der Waals surface area contributed by atoms with Crippen molar-refractivity contribution in [1.82, 2.24) is 5.32 Å². The second-order valence-electron chi connectivity index (χ2n) is 6.10. The van der Waals surface area contributed by atoms with Crippen molar-refractivity contribution < 1.29 is 14.3 Å². The summed E-state index contributed by atoms with van der Waals surface area (Å²) < 4.78 is 5.83. The molecule has 0 radical (unpaired) electrons. The van der Waals surface area contributed by atoms with Crippen LogP contribution in [0.5, 0.6) is 0 Å². The summed E-state index contributed by atoms with van der Waals surface area (Å²) in [4.78, 5) is 24.3. The SMILES string of the molecule is Nc1ccc(Br)cc1C(=O)OCC(=O)NC(c1ccccc1)C1CC1. The van der Waals surface area contributed by atoms with Crippen molar-refractivity contribution in [3.8, 4) is 0 Å². The number of carbonyl (C=O) groups excluding carboxylic acids is 2. The van der Waals surface area contributed by atoms with Crippen molar-refractivity contribution in [3.05, 3.63) is 64.1 Å². The second-order valence-corrected chi connectivity index (χ2v) is 7.02. The predicted molar refractivity (Wildman–Crippen MR) is 98.9 cm³/mol. The fourth-order valence-corrected chi connectivity index (χ4v) is 3.05. The van der Waals surface area contributed by atoms with Gasteiger partial charge in [-0.1, -0.05) is 46.3 Å². The lowest BCUT2D eigenvalue weighted by atomic mass is 10.0. The molecule has 25 heavy (non-hydrogen) atoms. The molecule has 0 aliphatic heterocycles. The Bertz CT molecular complexity index is 775. The molecule has 6 heteroatoms. The Balaban J connectivity index is 1.58. The van der Waals surface area contributed by atoms with Crippen molar-refractivity contribution in [2.45, 2.75) is 18.9 Å². The average molecular weight is 403 g/mol. The number of anilines is 1. The normalized spacial score (nSPS) is 14.6. The lowest BCUT2D eigenvalue weighted by Crippen LogP contribution is -2.33. The molecule has 0 aromatic heterocycles. The van der Waals surface area contributed by atoms with Gasteiger partial charge in [0.05, 0.1) is 11.6 Å². The first-order valence-corrected chi connectivity index (χ1v) is 8.90. The molecular formula is C19H19BrN2O3. The Hall–Kier alpha value is -2.34. The van der Waals surface area contributed by atoms with E-state index in [2.05, 4.69) is 21.2 Å². The highest BCUT2D eigenvalue weighted by Gasteiger charge is 2.33. The largest absolute Gasteiger partial charge is 0.452 e. The number of nitrogens with two attached hydrogens (primary N) is 1. The van der Waals surface area contributed by atoms with Crippen LogP contribution in [0.2, 0.25) is 0 Å². The van der Waals surface area contributed by atoms with Crippen LogP contribution in [0.4, 0.5) is 5.69 Å². The summed E-state index contributed by atoms with van der Waals surface area (Å²) >= 11 is 3.28. The summed E-state index contributed by atoms with van der Waals surface area (Å²) in [6, 6.07) is 14.7. The highest BCUT2D eigenvalue weighted by atomic mass is 79.9. The van der Waals surface area contributed by atoms with Crippen molar-refractivity contribution in [3.63, 3.8) is 0 Å². The molecule has 130 valence electrons. The lowest BCUT2D eigenvalue weighted by molar-refractivity contribution is -0.125. The number of amides is 1. The molecular weight excluding hydrogens is 384 g/mol. The smallest absolute Gasteiger partial charge is 0.340 e. The molecule has 0 bridgehead atoms. The number of nitrogens with one attached hydrogen (secondary N) is 1. The maximum absolute atomic E-state index is 12.2. The molecule has 3 rings (SSSR count). The van der Waals surface area contributed by atoms with E-state index in [-0.39, 0.29) is 24.1 Å². The zero-order valence-corrected chi connectivity index (χ0v) is 15.2. The molecule has 2 aromatic rings. The Morgan fingerprint density at radius 1 is 1.20 bits per heavy atom. The molecule has 1 unspecified atom stereocenters. The van der Waals surface area contributed by atoms with Gasteiger partial charge in [0.15, 0.2) is 6.61 Å². The summed E-state index contributed by atoms with van der Waals surface area (Å²) in [6.07, 6.45) is 2.18. The van der Waals surface area contributed by atoms with E-state index >= 15 is 0 Å². The molecule has 1 aliphatic rings. The molecule has 0 spiro atoms. The molecule has 3 N–H and O–H groups in total. The van der Waals surface area contributed by atoms with Gasteiger partial charge in [0.2, 0.25) is 0 Å². The molecule has 2 aromatic carbocycles. The Morgan fingerprint density at radius 3 is 2.60 bits per heavy atom. The zero-order chi connectivity index (χ0) is 17.8. The fraction of sp³-hybridized carbons (Fsp3) is 0.263. The van der Waals surface area contributed by atoms with Crippen LogP contribution in [0.1, 0.15) is 34.8 Å². The molecule has 1 fully saturated rings. The number of hydrogen-bond acceptors (Lipinski definition) is 4. The van der Waals surface area contributed by atoms with Gasteiger partial charge in [-0.25, -0.2) is 4.79 Å². The number of hydrogen-bond donors (Lipinski definition) is 2. The van der Waals surface area contributed by atoms with Gasteiger partial charge in [0, 0.05) is 10.2 Å². The van der Waals surface area contributed by atoms with Crippen LogP contribution >= 0.6 is 15.9 Å². The topological polar surface area (TPSA) is 81.4 Å². The number of carbonyl (C=O) groups is 2. The van der Waals surface area contributed by atoms with Gasteiger partial charge < -0.3 is 15.8 Å². The first-order chi connectivity index (χ1) is 12.0. The van der Waals surface area contributed by atoms with Crippen LogP contribution in [0.25, 0.3) is 0 Å². The van der Waals surface area contributed by atoms with Crippen LogP contribution in [-0.4, -0.2) is 18.5 Å². The molecule has 1 saturated carbocycles. The predicted octanol–water partition coefficient (Wildman–Crippen LogP) is 3.46. The van der Waals surface area contributed by atoms with Crippen molar-refractivity contribution >= 4 is 33.5 Å². The van der Waals surface area contributed by atoms with E-state index in [1.165, 1.54) is 0 Å². The zero-order valence-electron chi connectivity index (χ0n) is 13.6. The summed E-state index contributed by atoms with van der Waals surface area (Å²) in [6.45, 7) is -0.332. The van der Waals surface area contributed by atoms with Gasteiger partial charge in [-0.05, 0) is 42.5 Å². The summed E-state index contributed by atoms with van der Waals surface area (Å²) in [5, 5.41) is 2.97. The first-order valence-electron chi connectivity index (χ1n) is 8.11. The molecule has 5 nitrogen and oxygen atoms in total. The van der Waals surface area contributed by atoms with Gasteiger partial charge in [-0.2, -0.15) is 0 Å². The number of halogens is 1. The lowest BCUT2D eigenvalue weighted by Gasteiger charge is -2.18. The third-order valence-corrected chi connectivity index (χ3v) is 4.63. The van der Waals surface area contributed by atoms with Crippen LogP contribution in [-0.2, 0) is 9.53 Å². The third kappa shape index (κ3) is 4.60. The van der Waals surface area contributed by atoms with E-state index in [0.717, 1.165) is 22.9 Å². The van der Waals surface area contributed by atoms with Crippen molar-refractivity contribution in [2.24, 2.45) is 5.92 Å². The average Bonchev–Trinajstić information content (AvgIpc) is 3.45. The van der Waals surface area contributed by atoms with E-state index in [1.54, 1.807) is 18.2 Å². The van der Waals surface area contributed by atoms with E-state index in [0.29, 0.717) is 11.6 Å². The Kier molecular flexibility index (Phi) is 5.38. The van der Waals surface area contributed by atoms with E-state index in [9.17, 15) is 9.59 Å². The Morgan fingerprint density at radius 2 is 1.92 bits per heavy atom. The third-order valence-electron chi connectivity index (χ3n) is 4.14. The van der Waals surface area contributed by atoms with Gasteiger partial charge in [-0.15, -0.1) is 0 Å². The number of ether oxygens (including phenoxy) is 1. The van der Waals surface area contributed by atoms with E-state index in [4.69, 9.17) is 10.5 Å². The summed E-state index contributed by atoms with van der Waals surface area (Å²) in [5.74, 6) is -0.484. The first kappa shape index (κ1) is 17.5. The van der Waals surface area contributed by atoms with Gasteiger partial charge in [-0.3, -0.25) is 4.79 Å². The van der Waals surface area contributed by atoms with Gasteiger partial charge in [0.1, 0.15) is 0 Å². The second kappa shape index (κ2) is 7.70.